The maximum Gasteiger partial charge on any atom is 0.272 e. The second-order valence-corrected chi connectivity index (χ2v) is 7.40. The molecule has 4 rings (SSSR count). The van der Waals surface area contributed by atoms with Crippen LogP contribution in [0.4, 0.5) is 11.4 Å². The van der Waals surface area contributed by atoms with E-state index in [0.29, 0.717) is 5.56 Å². The minimum atomic E-state index is -0.342. The number of aromatic nitrogens is 1. The Morgan fingerprint density at radius 2 is 1.92 bits per heavy atom. The van der Waals surface area contributed by atoms with Crippen LogP contribution in [0.5, 0.6) is 0 Å². The van der Waals surface area contributed by atoms with Crippen molar-refractivity contribution in [3.8, 4) is 21.8 Å². The fourth-order valence-electron chi connectivity index (χ4n) is 3.32. The lowest BCUT2D eigenvalue weighted by molar-refractivity contribution is -0.385. The van der Waals surface area contributed by atoms with Gasteiger partial charge >= 0.3 is 0 Å². The number of thiazole rings is 1. The Hall–Kier alpha value is -2.73. The number of nitrogens with zero attached hydrogens (tertiary/aromatic N) is 3. The summed E-state index contributed by atoms with van der Waals surface area (Å²) in [4.78, 5) is 18.0. The van der Waals surface area contributed by atoms with E-state index < -0.39 is 0 Å². The molecule has 1 aromatic heterocycles. The minimum absolute atomic E-state index is 0.132. The van der Waals surface area contributed by atoms with Gasteiger partial charge in [0.05, 0.1) is 10.6 Å². The number of aryl methyl sites for hydroxylation is 1. The molecule has 3 aromatic rings. The molecule has 1 aliphatic rings. The standard InChI is InChI=1S/C20H19N3O2S/c1-14-7-8-15(12-19(14)23(24)25)18-13-26-20(21-18)16-5-4-6-17(11-16)22-9-2-3-10-22/h4-8,11-13H,2-3,9-10H2,1H3. The topological polar surface area (TPSA) is 59.3 Å². The van der Waals surface area contributed by atoms with E-state index in [2.05, 4.69) is 29.2 Å². The van der Waals surface area contributed by atoms with E-state index in [-0.39, 0.29) is 10.6 Å². The van der Waals surface area contributed by atoms with E-state index in [9.17, 15) is 10.1 Å². The largest absolute Gasteiger partial charge is 0.372 e. The number of rotatable bonds is 4. The lowest BCUT2D eigenvalue weighted by Gasteiger charge is -2.17. The number of hydrogen-bond donors (Lipinski definition) is 0. The number of benzene rings is 2. The van der Waals surface area contributed by atoms with Crippen molar-refractivity contribution >= 4 is 22.7 Å². The number of nitro benzene ring substituents is 1. The number of anilines is 1. The van der Waals surface area contributed by atoms with Crippen LogP contribution in [-0.2, 0) is 0 Å². The Bertz CT molecular complexity index is 961. The average Bonchev–Trinajstić information content (AvgIpc) is 3.34. The molecule has 0 bridgehead atoms. The van der Waals surface area contributed by atoms with E-state index in [4.69, 9.17) is 4.98 Å². The molecule has 0 unspecified atom stereocenters. The Kier molecular flexibility index (Phi) is 4.42. The monoisotopic (exact) mass is 365 g/mol. The van der Waals surface area contributed by atoms with Gasteiger partial charge in [-0.2, -0.15) is 0 Å². The maximum absolute atomic E-state index is 11.2. The smallest absolute Gasteiger partial charge is 0.272 e. The first-order valence-corrected chi connectivity index (χ1v) is 9.56. The molecule has 0 amide bonds. The van der Waals surface area contributed by atoms with E-state index in [1.54, 1.807) is 30.4 Å². The summed E-state index contributed by atoms with van der Waals surface area (Å²) in [6.45, 7) is 3.97. The van der Waals surface area contributed by atoms with Gasteiger partial charge < -0.3 is 4.90 Å². The highest BCUT2D eigenvalue weighted by Crippen LogP contribution is 2.33. The lowest BCUT2D eigenvalue weighted by atomic mass is 10.1. The molecule has 0 radical (unpaired) electrons. The zero-order valence-corrected chi connectivity index (χ0v) is 15.3. The normalized spacial score (nSPS) is 14.0. The third-order valence-electron chi connectivity index (χ3n) is 4.77. The predicted molar refractivity (Wildman–Crippen MR) is 106 cm³/mol. The minimum Gasteiger partial charge on any atom is -0.372 e. The summed E-state index contributed by atoms with van der Waals surface area (Å²) in [6.07, 6.45) is 2.50. The van der Waals surface area contributed by atoms with Crippen LogP contribution < -0.4 is 4.90 Å². The van der Waals surface area contributed by atoms with E-state index >= 15 is 0 Å². The van der Waals surface area contributed by atoms with Crippen molar-refractivity contribution in [2.24, 2.45) is 0 Å². The summed E-state index contributed by atoms with van der Waals surface area (Å²) in [5.41, 5.74) is 4.68. The van der Waals surface area contributed by atoms with Crippen molar-refractivity contribution in [1.82, 2.24) is 4.98 Å². The summed E-state index contributed by atoms with van der Waals surface area (Å²) in [7, 11) is 0. The SMILES string of the molecule is Cc1ccc(-c2csc(-c3cccc(N4CCCC4)c3)n2)cc1[N+](=O)[O-]. The van der Waals surface area contributed by atoms with Gasteiger partial charge in [-0.15, -0.1) is 11.3 Å². The highest BCUT2D eigenvalue weighted by molar-refractivity contribution is 7.13. The zero-order valence-electron chi connectivity index (χ0n) is 14.5. The van der Waals surface area contributed by atoms with Crippen LogP contribution in [0, 0.1) is 17.0 Å². The second kappa shape index (κ2) is 6.88. The van der Waals surface area contributed by atoms with E-state index in [0.717, 1.165) is 34.9 Å². The van der Waals surface area contributed by atoms with Gasteiger partial charge in [-0.3, -0.25) is 10.1 Å². The molecule has 0 aliphatic carbocycles. The van der Waals surface area contributed by atoms with E-state index in [1.807, 2.05) is 11.4 Å². The molecule has 2 aromatic carbocycles. The first-order chi connectivity index (χ1) is 12.6. The predicted octanol–water partition coefficient (Wildman–Crippen LogP) is 5.29. The van der Waals surface area contributed by atoms with Crippen molar-refractivity contribution in [3.05, 3.63) is 63.5 Å². The van der Waals surface area contributed by atoms with Crippen molar-refractivity contribution in [1.29, 1.82) is 0 Å². The molecule has 6 heteroatoms. The molecule has 26 heavy (non-hydrogen) atoms. The fourth-order valence-corrected chi connectivity index (χ4v) is 4.14. The Balaban J connectivity index is 1.65. The van der Waals surface area contributed by atoms with Crippen LogP contribution in [0.15, 0.2) is 47.8 Å². The summed E-state index contributed by atoms with van der Waals surface area (Å²) in [5, 5.41) is 14.1. The molecular formula is C20H19N3O2S. The lowest BCUT2D eigenvalue weighted by Crippen LogP contribution is -2.17. The molecular weight excluding hydrogens is 346 g/mol. The summed E-state index contributed by atoms with van der Waals surface area (Å²) in [5.74, 6) is 0. The van der Waals surface area contributed by atoms with Crippen LogP contribution in [0.1, 0.15) is 18.4 Å². The number of nitro groups is 1. The Labute approximate surface area is 156 Å². The van der Waals surface area contributed by atoms with Gasteiger partial charge in [0, 0.05) is 46.9 Å². The molecule has 0 saturated carbocycles. The van der Waals surface area contributed by atoms with Crippen molar-refractivity contribution < 1.29 is 4.92 Å². The molecule has 0 atom stereocenters. The van der Waals surface area contributed by atoms with Crippen LogP contribution >= 0.6 is 11.3 Å². The van der Waals surface area contributed by atoms with Crippen LogP contribution in [0.3, 0.4) is 0 Å². The van der Waals surface area contributed by atoms with Gasteiger partial charge in [-0.1, -0.05) is 24.3 Å². The third kappa shape index (κ3) is 3.20. The van der Waals surface area contributed by atoms with Gasteiger partial charge in [-0.05, 0) is 31.9 Å². The first-order valence-electron chi connectivity index (χ1n) is 8.68. The average molecular weight is 365 g/mol. The van der Waals surface area contributed by atoms with Crippen LogP contribution in [-0.4, -0.2) is 23.0 Å². The van der Waals surface area contributed by atoms with Crippen molar-refractivity contribution in [2.75, 3.05) is 18.0 Å². The molecule has 0 spiro atoms. The van der Waals surface area contributed by atoms with Gasteiger partial charge in [-0.25, -0.2) is 4.98 Å². The summed E-state index contributed by atoms with van der Waals surface area (Å²) in [6, 6.07) is 13.7. The first kappa shape index (κ1) is 16.7. The van der Waals surface area contributed by atoms with Gasteiger partial charge in [0.1, 0.15) is 5.01 Å². The molecule has 1 fully saturated rings. The van der Waals surface area contributed by atoms with Crippen LogP contribution in [0.2, 0.25) is 0 Å². The van der Waals surface area contributed by atoms with Crippen molar-refractivity contribution in [2.45, 2.75) is 19.8 Å². The highest BCUT2D eigenvalue weighted by atomic mass is 32.1. The molecule has 2 heterocycles. The summed E-state index contributed by atoms with van der Waals surface area (Å²) < 4.78 is 0. The maximum atomic E-state index is 11.2. The summed E-state index contributed by atoms with van der Waals surface area (Å²) >= 11 is 1.57. The fraction of sp³-hybridized carbons (Fsp3) is 0.250. The zero-order chi connectivity index (χ0) is 18.1. The van der Waals surface area contributed by atoms with Gasteiger partial charge in [0.15, 0.2) is 0 Å². The molecule has 1 aliphatic heterocycles. The van der Waals surface area contributed by atoms with Crippen LogP contribution in [0.25, 0.3) is 21.8 Å². The molecule has 0 N–H and O–H groups in total. The van der Waals surface area contributed by atoms with Gasteiger partial charge in [0.25, 0.3) is 5.69 Å². The molecule has 1 saturated heterocycles. The molecule has 5 nitrogen and oxygen atoms in total. The Morgan fingerprint density at radius 1 is 1.12 bits per heavy atom. The van der Waals surface area contributed by atoms with Gasteiger partial charge in [0.2, 0.25) is 0 Å². The number of hydrogen-bond acceptors (Lipinski definition) is 5. The Morgan fingerprint density at radius 3 is 2.69 bits per heavy atom. The quantitative estimate of drug-likeness (QED) is 0.465. The third-order valence-corrected chi connectivity index (χ3v) is 5.66. The van der Waals surface area contributed by atoms with E-state index in [1.165, 1.54) is 18.5 Å². The van der Waals surface area contributed by atoms with Crippen molar-refractivity contribution in [3.63, 3.8) is 0 Å². The molecule has 132 valence electrons. The highest BCUT2D eigenvalue weighted by Gasteiger charge is 2.16. The second-order valence-electron chi connectivity index (χ2n) is 6.54.